The molecule has 0 aromatic carbocycles. The van der Waals surface area contributed by atoms with Gasteiger partial charge in [0, 0.05) is 10.5 Å². The maximum absolute atomic E-state index is 4.93. The molecule has 2 atom stereocenters. The molecule has 0 aromatic rings. The van der Waals surface area contributed by atoms with Crippen LogP contribution in [0.4, 0.5) is 0 Å². The second kappa shape index (κ2) is 0.521. The third kappa shape index (κ3) is 0.191. The van der Waals surface area contributed by atoms with Crippen molar-refractivity contribution in [1.82, 2.24) is 0 Å². The molecule has 1 aliphatic heterocycles. The SMILES string of the molecule is S=S1C2CC21. The molecule has 2 unspecified atom stereocenters. The fourth-order valence-electron chi connectivity index (χ4n) is 0.498. The number of fused-ring (bicyclic) bond motifs is 1. The molecular weight excluding hydrogens is 100 g/mol. The second-order valence-electron chi connectivity index (χ2n) is 1.64. The minimum Gasteiger partial charge on any atom is -0.113 e. The summed E-state index contributed by atoms with van der Waals surface area (Å²) in [6.07, 6.45) is 1.48. The molecule has 0 bridgehead atoms. The third-order valence-corrected chi connectivity index (χ3v) is 4.60. The number of hydrogen-bond donors (Lipinski definition) is 0. The van der Waals surface area contributed by atoms with Crippen molar-refractivity contribution in [2.75, 3.05) is 0 Å². The first-order valence-corrected chi connectivity index (χ1v) is 4.06. The molecule has 0 nitrogen and oxygen atoms in total. The normalized spacial score (nSPS) is 70.0. The average Bonchev–Trinajstić information content (AvgIpc) is 2.11. The van der Waals surface area contributed by atoms with E-state index in [0.29, 0.717) is 9.45 Å². The lowest BCUT2D eigenvalue weighted by molar-refractivity contribution is 1.46. The zero-order chi connectivity index (χ0) is 3.44. The largest absolute Gasteiger partial charge is 0.113 e. The molecule has 1 saturated heterocycles. The summed E-state index contributed by atoms with van der Waals surface area (Å²) in [5.41, 5.74) is 0. The first-order valence-electron chi connectivity index (χ1n) is 1.79. The van der Waals surface area contributed by atoms with Gasteiger partial charge in [0.15, 0.2) is 0 Å². The summed E-state index contributed by atoms with van der Waals surface area (Å²) in [6, 6.07) is 0. The molecule has 2 fully saturated rings. The Bertz CT molecular complexity index is 87.1. The second-order valence-corrected chi connectivity index (χ2v) is 4.66. The molecule has 28 valence electrons. The van der Waals surface area contributed by atoms with Crippen LogP contribution in [0.25, 0.3) is 0 Å². The molecule has 0 spiro atoms. The highest BCUT2D eigenvalue weighted by Gasteiger charge is 2.59. The van der Waals surface area contributed by atoms with Gasteiger partial charge in [-0.3, -0.25) is 0 Å². The molecule has 2 aliphatic rings. The smallest absolute Gasteiger partial charge is 0.0230 e. The molecule has 0 amide bonds. The Balaban J connectivity index is 2.46. The van der Waals surface area contributed by atoms with Gasteiger partial charge in [0.1, 0.15) is 0 Å². The Morgan fingerprint density at radius 3 is 2.00 bits per heavy atom. The standard InChI is InChI=1S/C3H4S2/c4-5-2-1-3(2)5/h2-3H,1H2. The lowest BCUT2D eigenvalue weighted by Crippen LogP contribution is -1.70. The van der Waals surface area contributed by atoms with E-state index in [1.54, 1.807) is 0 Å². The van der Waals surface area contributed by atoms with Gasteiger partial charge < -0.3 is 0 Å². The van der Waals surface area contributed by atoms with Crippen LogP contribution in [0, 0.1) is 0 Å². The van der Waals surface area contributed by atoms with Gasteiger partial charge in [-0.15, -0.1) is 9.45 Å². The molecule has 0 N–H and O–H groups in total. The van der Waals surface area contributed by atoms with E-state index in [9.17, 15) is 0 Å². The fraction of sp³-hybridized carbons (Fsp3) is 1.00. The lowest BCUT2D eigenvalue weighted by atomic mass is 11.0. The zero-order valence-electron chi connectivity index (χ0n) is 2.68. The topological polar surface area (TPSA) is 0 Å². The van der Waals surface area contributed by atoms with E-state index in [4.69, 9.17) is 11.2 Å². The highest BCUT2D eigenvalue weighted by atomic mass is 32.8. The molecule has 5 heavy (non-hydrogen) atoms. The van der Waals surface area contributed by atoms with Gasteiger partial charge in [-0.05, 0) is 6.42 Å². The third-order valence-electron chi connectivity index (χ3n) is 1.20. The summed E-state index contributed by atoms with van der Waals surface area (Å²) in [4.78, 5) is 0. The van der Waals surface area contributed by atoms with Crippen molar-refractivity contribution in [3.8, 4) is 0 Å². The van der Waals surface area contributed by atoms with Crippen molar-refractivity contribution in [1.29, 1.82) is 0 Å². The van der Waals surface area contributed by atoms with Crippen LogP contribution in [0.3, 0.4) is 0 Å². The molecule has 0 aromatic heterocycles. The van der Waals surface area contributed by atoms with Gasteiger partial charge >= 0.3 is 0 Å². The number of hydrogen-bond acceptors (Lipinski definition) is 1. The Kier molecular flexibility index (Phi) is 0.281. The van der Waals surface area contributed by atoms with Gasteiger partial charge in [-0.25, -0.2) is 0 Å². The van der Waals surface area contributed by atoms with Gasteiger partial charge in [0.2, 0.25) is 0 Å². The van der Waals surface area contributed by atoms with Gasteiger partial charge in [-0.2, -0.15) is 0 Å². The summed E-state index contributed by atoms with van der Waals surface area (Å²) in [6.45, 7) is 0. The van der Waals surface area contributed by atoms with Gasteiger partial charge in [0.25, 0.3) is 0 Å². The van der Waals surface area contributed by atoms with Crippen LogP contribution >= 0.6 is 0 Å². The molecule has 2 rings (SSSR count). The van der Waals surface area contributed by atoms with Crippen molar-refractivity contribution in [2.24, 2.45) is 0 Å². The summed E-state index contributed by atoms with van der Waals surface area (Å²) in [5, 5.41) is 2.12. The minimum atomic E-state index is 0.525. The molecular formula is C3H4S2. The summed E-state index contributed by atoms with van der Waals surface area (Å²) >= 11 is 4.93. The monoisotopic (exact) mass is 104 g/mol. The highest BCUT2D eigenvalue weighted by Crippen LogP contribution is 2.51. The predicted molar refractivity (Wildman–Crippen MR) is 26.9 cm³/mol. The highest BCUT2D eigenvalue weighted by molar-refractivity contribution is 8.34. The van der Waals surface area contributed by atoms with Crippen molar-refractivity contribution >= 4 is 20.6 Å². The quantitative estimate of drug-likeness (QED) is 0.396. The Morgan fingerprint density at radius 2 is 2.00 bits per heavy atom. The first kappa shape index (κ1) is 2.69. The van der Waals surface area contributed by atoms with E-state index in [0.717, 1.165) is 10.5 Å². The Hall–Kier alpha value is 0.570. The Labute approximate surface area is 38.2 Å². The molecule has 2 heteroatoms. The molecule has 1 aliphatic carbocycles. The number of rotatable bonds is 0. The average molecular weight is 104 g/mol. The zero-order valence-corrected chi connectivity index (χ0v) is 4.31. The van der Waals surface area contributed by atoms with Crippen molar-refractivity contribution < 1.29 is 0 Å². The van der Waals surface area contributed by atoms with Crippen LogP contribution < -0.4 is 0 Å². The molecule has 1 heterocycles. The summed E-state index contributed by atoms with van der Waals surface area (Å²) in [7, 11) is 0.525. The Morgan fingerprint density at radius 1 is 1.60 bits per heavy atom. The van der Waals surface area contributed by atoms with Crippen molar-refractivity contribution in [2.45, 2.75) is 16.9 Å². The summed E-state index contributed by atoms with van der Waals surface area (Å²) < 4.78 is 0. The fourth-order valence-corrected chi connectivity index (χ4v) is 2.98. The van der Waals surface area contributed by atoms with Crippen LogP contribution in [0.2, 0.25) is 0 Å². The van der Waals surface area contributed by atoms with E-state index in [1.807, 2.05) is 0 Å². The van der Waals surface area contributed by atoms with Crippen LogP contribution in [0.5, 0.6) is 0 Å². The molecule has 0 radical (unpaired) electrons. The van der Waals surface area contributed by atoms with Crippen molar-refractivity contribution in [3.05, 3.63) is 0 Å². The predicted octanol–water partition coefficient (Wildman–Crippen LogP) is 0.221. The van der Waals surface area contributed by atoms with Crippen LogP contribution in [-0.4, -0.2) is 10.5 Å². The van der Waals surface area contributed by atoms with E-state index in [2.05, 4.69) is 0 Å². The van der Waals surface area contributed by atoms with Crippen molar-refractivity contribution in [3.63, 3.8) is 0 Å². The van der Waals surface area contributed by atoms with Gasteiger partial charge in [-0.1, -0.05) is 11.2 Å². The first-order chi connectivity index (χ1) is 2.39. The van der Waals surface area contributed by atoms with E-state index in [-0.39, 0.29) is 0 Å². The van der Waals surface area contributed by atoms with Crippen LogP contribution in [-0.2, 0) is 20.6 Å². The summed E-state index contributed by atoms with van der Waals surface area (Å²) in [5.74, 6) is 0. The van der Waals surface area contributed by atoms with Crippen LogP contribution in [0.1, 0.15) is 6.42 Å². The van der Waals surface area contributed by atoms with Crippen LogP contribution in [0.15, 0.2) is 0 Å². The lowest BCUT2D eigenvalue weighted by Gasteiger charge is -1.71. The molecule has 1 saturated carbocycles. The van der Waals surface area contributed by atoms with E-state index in [1.165, 1.54) is 6.42 Å². The van der Waals surface area contributed by atoms with E-state index < -0.39 is 0 Å². The van der Waals surface area contributed by atoms with E-state index >= 15 is 0 Å². The maximum Gasteiger partial charge on any atom is 0.0230 e. The maximum atomic E-state index is 4.93. The van der Waals surface area contributed by atoms with Gasteiger partial charge in [0.05, 0.1) is 0 Å². The minimum absolute atomic E-state index is 0.525.